The lowest BCUT2D eigenvalue weighted by Gasteiger charge is -2.20. The third-order valence-corrected chi connectivity index (χ3v) is 7.42. The minimum Gasteiger partial charge on any atom is -0.475 e. The van der Waals surface area contributed by atoms with Crippen molar-refractivity contribution in [3.05, 3.63) is 60.4 Å². The number of carbonyl (C=O) groups is 2. The van der Waals surface area contributed by atoms with E-state index < -0.39 is 28.1 Å². The summed E-state index contributed by atoms with van der Waals surface area (Å²) in [5, 5.41) is 9.03. The number of fused-ring (bicyclic) bond motifs is 2. The van der Waals surface area contributed by atoms with E-state index in [0.29, 0.717) is 19.0 Å². The van der Waals surface area contributed by atoms with Gasteiger partial charge < -0.3 is 15.7 Å². The highest BCUT2D eigenvalue weighted by Crippen LogP contribution is 2.46. The lowest BCUT2D eigenvalue weighted by molar-refractivity contribution is -0.192. The highest BCUT2D eigenvalue weighted by molar-refractivity contribution is 7.89. The molecule has 14 heteroatoms. The van der Waals surface area contributed by atoms with Gasteiger partial charge in [0, 0.05) is 31.5 Å². The summed E-state index contributed by atoms with van der Waals surface area (Å²) in [5.74, 6) is -2.34. The quantitative estimate of drug-likeness (QED) is 0.457. The normalized spacial score (nSPS) is 20.9. The zero-order valence-electron chi connectivity index (χ0n) is 18.4. The van der Waals surface area contributed by atoms with Gasteiger partial charge in [0.05, 0.1) is 10.5 Å². The second-order valence-corrected chi connectivity index (χ2v) is 10.0. The summed E-state index contributed by atoms with van der Waals surface area (Å²) in [6, 6.07) is 12.8. The number of aromatic nitrogens is 2. The van der Waals surface area contributed by atoms with Crippen LogP contribution in [0.1, 0.15) is 10.4 Å². The molecule has 4 N–H and O–H groups in total. The molecule has 10 nitrogen and oxygen atoms in total. The van der Waals surface area contributed by atoms with E-state index >= 15 is 0 Å². The molecule has 2 fully saturated rings. The molecular weight excluding hydrogens is 503 g/mol. The minimum atomic E-state index is -5.08. The maximum Gasteiger partial charge on any atom is 0.490 e. The van der Waals surface area contributed by atoms with Crippen molar-refractivity contribution >= 4 is 38.6 Å². The van der Waals surface area contributed by atoms with Gasteiger partial charge in [-0.05, 0) is 34.7 Å². The van der Waals surface area contributed by atoms with Crippen molar-refractivity contribution < 1.29 is 36.3 Å². The molecule has 190 valence electrons. The molecule has 2 heterocycles. The second-order valence-electron chi connectivity index (χ2n) is 8.33. The van der Waals surface area contributed by atoms with Gasteiger partial charge in [-0.15, -0.1) is 0 Å². The van der Waals surface area contributed by atoms with Gasteiger partial charge in [0.1, 0.15) is 0 Å². The number of aliphatic carboxylic acids is 1. The molecule has 2 unspecified atom stereocenters. The van der Waals surface area contributed by atoms with E-state index in [0.717, 1.165) is 10.8 Å². The van der Waals surface area contributed by atoms with Crippen LogP contribution in [0, 0.1) is 11.8 Å². The van der Waals surface area contributed by atoms with Crippen LogP contribution in [0.2, 0.25) is 0 Å². The number of halogens is 3. The zero-order chi connectivity index (χ0) is 26.3. The number of amides is 1. The van der Waals surface area contributed by atoms with E-state index in [1.807, 2.05) is 35.2 Å². The van der Waals surface area contributed by atoms with Crippen LogP contribution >= 0.6 is 0 Å². The third-order valence-electron chi connectivity index (χ3n) is 5.96. The van der Waals surface area contributed by atoms with Crippen LogP contribution in [0.15, 0.2) is 59.8 Å². The number of anilines is 1. The summed E-state index contributed by atoms with van der Waals surface area (Å²) >= 11 is 0. The lowest BCUT2D eigenvalue weighted by Crippen LogP contribution is -2.35. The molecule has 2 aromatic carbocycles. The molecule has 1 saturated carbocycles. The van der Waals surface area contributed by atoms with Crippen molar-refractivity contribution in [2.75, 3.05) is 18.0 Å². The van der Waals surface area contributed by atoms with Crippen LogP contribution in [0.3, 0.4) is 0 Å². The van der Waals surface area contributed by atoms with Crippen LogP contribution < -0.4 is 15.4 Å². The van der Waals surface area contributed by atoms with Crippen molar-refractivity contribution in [3.63, 3.8) is 0 Å². The number of carbonyl (C=O) groups excluding carboxylic acids is 1. The fourth-order valence-corrected chi connectivity index (χ4v) is 5.43. The first-order valence-electron chi connectivity index (χ1n) is 10.5. The van der Waals surface area contributed by atoms with Crippen LogP contribution in [0.4, 0.5) is 19.1 Å². The zero-order valence-corrected chi connectivity index (χ0v) is 19.2. The molecule has 5 rings (SSSR count). The minimum absolute atomic E-state index is 0.0763. The van der Waals surface area contributed by atoms with Gasteiger partial charge in [-0.2, -0.15) is 13.2 Å². The standard InChI is InChI=1S/C20H19N5O3S.C2HF3O2/c21-19(26)14-8-22-20(23-9-14)25-10-16-17(11-25)18(16)24-29(27,28)15-6-5-12-3-1-2-4-13(12)7-15;3-2(4,5)1(6)7/h1-9,16-18,24H,10-11H2,(H2,21,26);(H,6,7). The first kappa shape index (κ1) is 25.3. The highest BCUT2D eigenvalue weighted by Gasteiger charge is 2.57. The molecule has 1 aliphatic heterocycles. The predicted molar refractivity (Wildman–Crippen MR) is 121 cm³/mol. The Bertz CT molecular complexity index is 1400. The summed E-state index contributed by atoms with van der Waals surface area (Å²) in [5.41, 5.74) is 5.47. The number of hydrogen-bond acceptors (Lipinski definition) is 7. The maximum absolute atomic E-state index is 12.8. The van der Waals surface area contributed by atoms with E-state index in [2.05, 4.69) is 14.7 Å². The summed E-state index contributed by atoms with van der Waals surface area (Å²) in [7, 11) is -3.58. The summed E-state index contributed by atoms with van der Waals surface area (Å²) in [6.45, 7) is 1.34. The van der Waals surface area contributed by atoms with E-state index in [-0.39, 0.29) is 28.3 Å². The topological polar surface area (TPSA) is 156 Å². The highest BCUT2D eigenvalue weighted by atomic mass is 32.2. The average Bonchev–Trinajstić information content (AvgIpc) is 3.24. The van der Waals surface area contributed by atoms with Crippen LogP contribution in [0.5, 0.6) is 0 Å². The molecule has 0 bridgehead atoms. The molecule has 2 atom stereocenters. The molecule has 1 saturated heterocycles. The number of carboxylic acids is 1. The fraction of sp³-hybridized carbons (Fsp3) is 0.273. The molecular formula is C22H20F3N5O5S. The summed E-state index contributed by atoms with van der Waals surface area (Å²) in [4.78, 5) is 30.7. The number of nitrogens with two attached hydrogens (primary N) is 1. The molecule has 1 aromatic heterocycles. The Morgan fingerprint density at radius 2 is 1.58 bits per heavy atom. The van der Waals surface area contributed by atoms with Crippen molar-refractivity contribution in [2.45, 2.75) is 17.1 Å². The van der Waals surface area contributed by atoms with Gasteiger partial charge >= 0.3 is 12.1 Å². The SMILES string of the molecule is NC(=O)c1cnc(N2CC3C(C2)C3NS(=O)(=O)c2ccc3ccccc3c2)nc1.O=C(O)C(F)(F)F. The van der Waals surface area contributed by atoms with E-state index in [4.69, 9.17) is 15.6 Å². The number of sulfonamides is 1. The molecule has 3 aromatic rings. The van der Waals surface area contributed by atoms with Crippen molar-refractivity contribution in [1.82, 2.24) is 14.7 Å². The number of benzene rings is 2. The monoisotopic (exact) mass is 523 g/mol. The molecule has 0 spiro atoms. The Kier molecular flexibility index (Phi) is 6.58. The Labute approximate surface area is 203 Å². The van der Waals surface area contributed by atoms with Gasteiger partial charge in [0.15, 0.2) is 0 Å². The Morgan fingerprint density at radius 1 is 1.03 bits per heavy atom. The number of nitrogens with zero attached hydrogens (tertiary/aromatic N) is 3. The predicted octanol–water partition coefficient (Wildman–Crippen LogP) is 1.78. The lowest BCUT2D eigenvalue weighted by atomic mass is 10.1. The van der Waals surface area contributed by atoms with Gasteiger partial charge in [-0.25, -0.2) is 27.9 Å². The molecule has 36 heavy (non-hydrogen) atoms. The number of alkyl halides is 3. The van der Waals surface area contributed by atoms with E-state index in [1.165, 1.54) is 12.4 Å². The fourth-order valence-electron chi connectivity index (χ4n) is 4.06. The van der Waals surface area contributed by atoms with Gasteiger partial charge in [-0.1, -0.05) is 30.3 Å². The van der Waals surface area contributed by atoms with Crippen molar-refractivity contribution in [3.8, 4) is 0 Å². The average molecular weight is 523 g/mol. The number of rotatable bonds is 5. The largest absolute Gasteiger partial charge is 0.490 e. The van der Waals surface area contributed by atoms with Gasteiger partial charge in [0.25, 0.3) is 5.91 Å². The van der Waals surface area contributed by atoms with E-state index in [1.54, 1.807) is 12.1 Å². The summed E-state index contributed by atoms with van der Waals surface area (Å²) < 4.78 is 60.2. The number of carboxylic acid groups (broad SMARTS) is 1. The Balaban J connectivity index is 0.000000384. The molecule has 1 amide bonds. The van der Waals surface area contributed by atoms with Crippen molar-refractivity contribution in [2.24, 2.45) is 17.6 Å². The molecule has 0 radical (unpaired) electrons. The summed E-state index contributed by atoms with van der Waals surface area (Å²) in [6.07, 6.45) is -2.26. The Morgan fingerprint density at radius 3 is 2.11 bits per heavy atom. The van der Waals surface area contributed by atoms with Gasteiger partial charge in [0.2, 0.25) is 16.0 Å². The van der Waals surface area contributed by atoms with E-state index in [9.17, 15) is 26.4 Å². The van der Waals surface area contributed by atoms with Crippen LogP contribution in [0.25, 0.3) is 10.8 Å². The van der Waals surface area contributed by atoms with Crippen LogP contribution in [-0.4, -0.2) is 60.7 Å². The maximum atomic E-state index is 12.8. The third kappa shape index (κ3) is 5.39. The molecule has 1 aliphatic carbocycles. The second kappa shape index (κ2) is 9.35. The number of nitrogens with one attached hydrogen (secondary N) is 1. The van der Waals surface area contributed by atoms with Crippen molar-refractivity contribution in [1.29, 1.82) is 0 Å². The smallest absolute Gasteiger partial charge is 0.475 e. The van der Waals surface area contributed by atoms with Crippen LogP contribution in [-0.2, 0) is 14.8 Å². The Hall–Kier alpha value is -3.78. The first-order chi connectivity index (χ1) is 16.9. The number of piperidine rings is 1. The number of hydrogen-bond donors (Lipinski definition) is 3. The first-order valence-corrected chi connectivity index (χ1v) is 12.0. The number of primary amides is 1. The molecule has 2 aliphatic rings. The van der Waals surface area contributed by atoms with Gasteiger partial charge in [-0.3, -0.25) is 4.79 Å².